The molecule has 3 rings (SSSR count). The van der Waals surface area contributed by atoms with Crippen LogP contribution in [0.1, 0.15) is 46.2 Å². The van der Waals surface area contributed by atoms with Crippen LogP contribution >= 0.6 is 0 Å². The minimum absolute atomic E-state index is 0.0284. The summed E-state index contributed by atoms with van der Waals surface area (Å²) in [5.74, 6) is 1.12. The molecule has 1 N–H and O–H groups in total. The Morgan fingerprint density at radius 2 is 1.55 bits per heavy atom. The normalized spacial score (nSPS) is 11.4. The minimum Gasteiger partial charge on any atom is -0.497 e. The average Bonchev–Trinajstić information content (AvgIpc) is 2.74. The highest BCUT2D eigenvalue weighted by atomic mass is 16.5. The smallest absolute Gasteiger partial charge is 0.255 e. The number of hydrogen-bond donors (Lipinski definition) is 1. The number of carbonyl (C=O) groups excluding carboxylic acids is 2. The van der Waals surface area contributed by atoms with Gasteiger partial charge in [0.05, 0.1) is 7.11 Å². The van der Waals surface area contributed by atoms with E-state index in [9.17, 15) is 9.59 Å². The van der Waals surface area contributed by atoms with E-state index >= 15 is 0 Å². The molecule has 0 saturated carbocycles. The lowest BCUT2D eigenvalue weighted by Gasteiger charge is -2.16. The van der Waals surface area contributed by atoms with Gasteiger partial charge in [0.1, 0.15) is 17.6 Å². The number of ketones is 1. The molecule has 0 aliphatic heterocycles. The van der Waals surface area contributed by atoms with Crippen LogP contribution in [-0.4, -0.2) is 18.8 Å². The molecule has 5 heteroatoms. The number of Topliss-reactive ketones (excluding diaryl/α,β-unsaturated/α-hetero) is 1. The molecule has 29 heavy (non-hydrogen) atoms. The lowest BCUT2D eigenvalue weighted by molar-refractivity contribution is 0.101. The number of ether oxygens (including phenoxy) is 2. The average molecular weight is 389 g/mol. The SMILES string of the molecule is COc1ccc(NC(=O)c2cccc(OC(C)c3ccc(C(C)=O)cc3)c2)cc1. The highest BCUT2D eigenvalue weighted by Crippen LogP contribution is 2.24. The third kappa shape index (κ3) is 5.23. The van der Waals surface area contributed by atoms with Gasteiger partial charge in [-0.3, -0.25) is 9.59 Å². The van der Waals surface area contributed by atoms with Gasteiger partial charge in [0.15, 0.2) is 5.78 Å². The molecule has 0 aliphatic rings. The maximum Gasteiger partial charge on any atom is 0.255 e. The second-order valence-corrected chi connectivity index (χ2v) is 6.65. The second-order valence-electron chi connectivity index (χ2n) is 6.65. The van der Waals surface area contributed by atoms with Crippen molar-refractivity contribution in [2.45, 2.75) is 20.0 Å². The molecular formula is C24H23NO4. The predicted molar refractivity (Wildman–Crippen MR) is 113 cm³/mol. The summed E-state index contributed by atoms with van der Waals surface area (Å²) >= 11 is 0. The second kappa shape index (κ2) is 9.06. The number of rotatable bonds is 7. The number of amides is 1. The number of benzene rings is 3. The Hall–Kier alpha value is -3.60. The highest BCUT2D eigenvalue weighted by Gasteiger charge is 2.11. The van der Waals surface area contributed by atoms with Crippen molar-refractivity contribution in [3.8, 4) is 11.5 Å². The van der Waals surface area contributed by atoms with E-state index in [2.05, 4.69) is 5.32 Å². The Bertz CT molecular complexity index is 994. The van der Waals surface area contributed by atoms with Gasteiger partial charge >= 0.3 is 0 Å². The molecule has 3 aromatic rings. The molecule has 0 heterocycles. The number of anilines is 1. The number of nitrogens with one attached hydrogen (secondary N) is 1. The fourth-order valence-corrected chi connectivity index (χ4v) is 2.85. The van der Waals surface area contributed by atoms with Gasteiger partial charge in [0.25, 0.3) is 5.91 Å². The maximum absolute atomic E-state index is 12.5. The zero-order chi connectivity index (χ0) is 20.8. The van der Waals surface area contributed by atoms with Crippen molar-refractivity contribution in [1.29, 1.82) is 0 Å². The van der Waals surface area contributed by atoms with E-state index in [0.717, 1.165) is 11.3 Å². The molecule has 1 amide bonds. The molecular weight excluding hydrogens is 366 g/mol. The number of carbonyl (C=O) groups is 2. The van der Waals surface area contributed by atoms with Crippen molar-refractivity contribution >= 4 is 17.4 Å². The van der Waals surface area contributed by atoms with Crippen LogP contribution in [0.5, 0.6) is 11.5 Å². The van der Waals surface area contributed by atoms with Crippen molar-refractivity contribution in [3.05, 3.63) is 89.5 Å². The van der Waals surface area contributed by atoms with Crippen LogP contribution in [0, 0.1) is 0 Å². The van der Waals surface area contributed by atoms with E-state index in [1.165, 1.54) is 6.92 Å². The summed E-state index contributed by atoms with van der Waals surface area (Å²) in [6.07, 6.45) is -0.226. The number of hydrogen-bond acceptors (Lipinski definition) is 4. The maximum atomic E-state index is 12.5. The molecule has 0 aromatic heterocycles. The molecule has 1 unspecified atom stereocenters. The van der Waals surface area contributed by atoms with E-state index in [1.54, 1.807) is 61.7 Å². The van der Waals surface area contributed by atoms with E-state index in [1.807, 2.05) is 25.1 Å². The largest absolute Gasteiger partial charge is 0.497 e. The first-order valence-corrected chi connectivity index (χ1v) is 9.29. The van der Waals surface area contributed by atoms with Crippen LogP contribution in [0.25, 0.3) is 0 Å². The zero-order valence-electron chi connectivity index (χ0n) is 16.6. The monoisotopic (exact) mass is 389 g/mol. The van der Waals surface area contributed by atoms with Crippen LogP contribution in [0.3, 0.4) is 0 Å². The Kier molecular flexibility index (Phi) is 6.29. The summed E-state index contributed by atoms with van der Waals surface area (Å²) in [5.41, 5.74) is 2.79. The van der Waals surface area contributed by atoms with Crippen molar-refractivity contribution in [1.82, 2.24) is 0 Å². The quantitative estimate of drug-likeness (QED) is 0.558. The van der Waals surface area contributed by atoms with Gasteiger partial charge < -0.3 is 14.8 Å². The first kappa shape index (κ1) is 20.1. The van der Waals surface area contributed by atoms with Crippen LogP contribution in [0.2, 0.25) is 0 Å². The van der Waals surface area contributed by atoms with Gasteiger partial charge in [-0.2, -0.15) is 0 Å². The zero-order valence-corrected chi connectivity index (χ0v) is 16.6. The summed E-state index contributed by atoms with van der Waals surface area (Å²) in [6.45, 7) is 3.46. The third-order valence-electron chi connectivity index (χ3n) is 4.54. The lowest BCUT2D eigenvalue weighted by Crippen LogP contribution is -2.12. The molecule has 5 nitrogen and oxygen atoms in total. The summed E-state index contributed by atoms with van der Waals surface area (Å²) in [5, 5.41) is 2.86. The minimum atomic E-state index is -0.226. The van der Waals surface area contributed by atoms with E-state index in [-0.39, 0.29) is 17.8 Å². The topological polar surface area (TPSA) is 64.6 Å². The molecule has 0 fully saturated rings. The Morgan fingerprint density at radius 1 is 0.862 bits per heavy atom. The van der Waals surface area contributed by atoms with Crippen molar-refractivity contribution in [3.63, 3.8) is 0 Å². The molecule has 148 valence electrons. The lowest BCUT2D eigenvalue weighted by atomic mass is 10.1. The highest BCUT2D eigenvalue weighted by molar-refractivity contribution is 6.04. The Morgan fingerprint density at radius 3 is 2.17 bits per heavy atom. The van der Waals surface area contributed by atoms with Crippen LogP contribution in [0.15, 0.2) is 72.8 Å². The Labute approximate surface area is 170 Å². The van der Waals surface area contributed by atoms with Gasteiger partial charge in [-0.1, -0.05) is 30.3 Å². The van der Waals surface area contributed by atoms with Gasteiger partial charge in [0.2, 0.25) is 0 Å². The van der Waals surface area contributed by atoms with Gasteiger partial charge in [0, 0.05) is 16.8 Å². The standard InChI is InChI=1S/C24H23NO4/c1-16(26)18-7-9-19(10-8-18)17(2)29-23-6-4-5-20(15-23)24(27)25-21-11-13-22(28-3)14-12-21/h4-15,17H,1-3H3,(H,25,27). The van der Waals surface area contributed by atoms with Crippen molar-refractivity contribution in [2.24, 2.45) is 0 Å². The number of methoxy groups -OCH3 is 1. The summed E-state index contributed by atoms with van der Waals surface area (Å²) in [4.78, 5) is 24.0. The van der Waals surface area contributed by atoms with E-state index in [0.29, 0.717) is 22.6 Å². The Balaban J connectivity index is 1.67. The molecule has 0 bridgehead atoms. The fraction of sp³-hybridized carbons (Fsp3) is 0.167. The molecule has 0 saturated heterocycles. The van der Waals surface area contributed by atoms with Crippen LogP contribution in [-0.2, 0) is 0 Å². The van der Waals surface area contributed by atoms with E-state index in [4.69, 9.17) is 9.47 Å². The molecule has 0 spiro atoms. The van der Waals surface area contributed by atoms with Gasteiger partial charge in [-0.15, -0.1) is 0 Å². The van der Waals surface area contributed by atoms with Gasteiger partial charge in [-0.25, -0.2) is 0 Å². The first-order chi connectivity index (χ1) is 14.0. The molecule has 0 aliphatic carbocycles. The van der Waals surface area contributed by atoms with Crippen LogP contribution in [0.4, 0.5) is 5.69 Å². The summed E-state index contributed by atoms with van der Waals surface area (Å²) in [7, 11) is 1.60. The summed E-state index contributed by atoms with van der Waals surface area (Å²) in [6, 6.07) is 21.5. The molecule has 0 radical (unpaired) electrons. The van der Waals surface area contributed by atoms with Crippen molar-refractivity contribution in [2.75, 3.05) is 12.4 Å². The van der Waals surface area contributed by atoms with Crippen molar-refractivity contribution < 1.29 is 19.1 Å². The molecule has 3 aromatic carbocycles. The van der Waals surface area contributed by atoms with Crippen LogP contribution < -0.4 is 14.8 Å². The molecule has 1 atom stereocenters. The fourth-order valence-electron chi connectivity index (χ4n) is 2.85. The van der Waals surface area contributed by atoms with Gasteiger partial charge in [-0.05, 0) is 61.9 Å². The summed E-state index contributed by atoms with van der Waals surface area (Å²) < 4.78 is 11.1. The predicted octanol–water partition coefficient (Wildman–Crippen LogP) is 5.29. The first-order valence-electron chi connectivity index (χ1n) is 9.29. The third-order valence-corrected chi connectivity index (χ3v) is 4.54. The van der Waals surface area contributed by atoms with E-state index < -0.39 is 0 Å².